The first-order valence-electron chi connectivity index (χ1n) is 5.31. The van der Waals surface area contributed by atoms with E-state index in [0.29, 0.717) is 5.56 Å². The summed E-state index contributed by atoms with van der Waals surface area (Å²) in [7, 11) is 0. The lowest BCUT2D eigenvalue weighted by Crippen LogP contribution is -2.04. The van der Waals surface area contributed by atoms with Gasteiger partial charge in [0, 0.05) is 4.90 Å². The van der Waals surface area contributed by atoms with E-state index in [2.05, 4.69) is 12.6 Å². The molecule has 0 radical (unpaired) electrons. The summed E-state index contributed by atoms with van der Waals surface area (Å²) < 4.78 is 0. The Balaban J connectivity index is 2.69. The maximum atomic E-state index is 11.1. The van der Waals surface area contributed by atoms with Crippen LogP contribution in [0.3, 0.4) is 0 Å². The largest absolute Gasteiger partial charge is 0.477 e. The van der Waals surface area contributed by atoms with E-state index in [-0.39, 0.29) is 11.1 Å². The van der Waals surface area contributed by atoms with Crippen molar-refractivity contribution >= 4 is 24.3 Å². The number of rotatable bonds is 3. The number of hydrogen-bond donors (Lipinski definition) is 2. The molecule has 2 rings (SSSR count). The predicted molar refractivity (Wildman–Crippen MR) is 72.7 cm³/mol. The van der Waals surface area contributed by atoms with Gasteiger partial charge in [-0.1, -0.05) is 18.2 Å². The molecule has 0 amide bonds. The fourth-order valence-electron chi connectivity index (χ4n) is 1.79. The number of carboxylic acid groups (broad SMARTS) is 1. The summed E-state index contributed by atoms with van der Waals surface area (Å²) in [6, 6.07) is 10.9. The summed E-state index contributed by atoms with van der Waals surface area (Å²) in [5.41, 5.74) is 0.130. The SMILES string of the molecule is O=C(O)c1cccc(-c2ccc(S)cc2)c1[N+](=O)[O-]. The number of carbonyl (C=O) groups is 1. The number of para-hydroxylation sites is 1. The molecule has 5 nitrogen and oxygen atoms in total. The summed E-state index contributed by atoms with van der Waals surface area (Å²) in [6.45, 7) is 0. The van der Waals surface area contributed by atoms with Crippen molar-refractivity contribution in [1.29, 1.82) is 0 Å². The van der Waals surface area contributed by atoms with Crippen LogP contribution in [0.15, 0.2) is 47.4 Å². The zero-order valence-corrected chi connectivity index (χ0v) is 10.5. The molecule has 1 N–H and O–H groups in total. The van der Waals surface area contributed by atoms with E-state index >= 15 is 0 Å². The van der Waals surface area contributed by atoms with Crippen LogP contribution in [-0.2, 0) is 0 Å². The highest BCUT2D eigenvalue weighted by atomic mass is 32.1. The maximum Gasteiger partial charge on any atom is 0.342 e. The van der Waals surface area contributed by atoms with E-state index < -0.39 is 16.6 Å². The van der Waals surface area contributed by atoms with Gasteiger partial charge in [-0.15, -0.1) is 12.6 Å². The zero-order chi connectivity index (χ0) is 14.0. The Morgan fingerprint density at radius 2 is 1.79 bits per heavy atom. The van der Waals surface area contributed by atoms with Crippen LogP contribution in [0, 0.1) is 10.1 Å². The molecule has 19 heavy (non-hydrogen) atoms. The van der Waals surface area contributed by atoms with Gasteiger partial charge in [-0.25, -0.2) is 4.79 Å². The molecule has 0 saturated carbocycles. The van der Waals surface area contributed by atoms with Gasteiger partial charge in [0.15, 0.2) is 0 Å². The second-order valence-electron chi connectivity index (χ2n) is 3.81. The van der Waals surface area contributed by atoms with Crippen molar-refractivity contribution < 1.29 is 14.8 Å². The van der Waals surface area contributed by atoms with Crippen LogP contribution in [0.25, 0.3) is 11.1 Å². The van der Waals surface area contributed by atoms with Crippen molar-refractivity contribution in [3.63, 3.8) is 0 Å². The third-order valence-electron chi connectivity index (χ3n) is 2.63. The van der Waals surface area contributed by atoms with E-state index in [9.17, 15) is 14.9 Å². The molecule has 2 aromatic carbocycles. The van der Waals surface area contributed by atoms with E-state index in [1.54, 1.807) is 24.3 Å². The van der Waals surface area contributed by atoms with Gasteiger partial charge in [0.25, 0.3) is 5.69 Å². The van der Waals surface area contributed by atoms with Gasteiger partial charge in [0.05, 0.1) is 10.5 Å². The van der Waals surface area contributed by atoms with E-state index in [1.807, 2.05) is 0 Å². The lowest BCUT2D eigenvalue weighted by Gasteiger charge is -2.06. The minimum Gasteiger partial charge on any atom is -0.477 e. The van der Waals surface area contributed by atoms with Crippen LogP contribution in [0.1, 0.15) is 10.4 Å². The monoisotopic (exact) mass is 275 g/mol. The Labute approximate surface area is 114 Å². The van der Waals surface area contributed by atoms with E-state index in [1.165, 1.54) is 18.2 Å². The fraction of sp³-hybridized carbons (Fsp3) is 0. The molecular weight excluding hydrogens is 266 g/mol. The van der Waals surface area contributed by atoms with Gasteiger partial charge in [-0.05, 0) is 29.8 Å². The van der Waals surface area contributed by atoms with Crippen LogP contribution in [0.2, 0.25) is 0 Å². The molecule has 96 valence electrons. The molecule has 0 heterocycles. The van der Waals surface area contributed by atoms with Gasteiger partial charge in [-0.2, -0.15) is 0 Å². The van der Waals surface area contributed by atoms with Gasteiger partial charge >= 0.3 is 5.97 Å². The molecule has 2 aromatic rings. The third kappa shape index (κ3) is 2.58. The van der Waals surface area contributed by atoms with Gasteiger partial charge in [0.1, 0.15) is 5.56 Å². The zero-order valence-electron chi connectivity index (χ0n) is 9.61. The molecule has 6 heteroatoms. The Kier molecular flexibility index (Phi) is 3.52. The highest BCUT2D eigenvalue weighted by Crippen LogP contribution is 2.33. The lowest BCUT2D eigenvalue weighted by atomic mass is 10.0. The molecule has 0 bridgehead atoms. The quantitative estimate of drug-likeness (QED) is 0.512. The van der Waals surface area contributed by atoms with Crippen LogP contribution >= 0.6 is 12.6 Å². The Morgan fingerprint density at radius 1 is 1.16 bits per heavy atom. The summed E-state index contributed by atoms with van der Waals surface area (Å²) in [4.78, 5) is 22.2. The second kappa shape index (κ2) is 5.11. The van der Waals surface area contributed by atoms with Crippen molar-refractivity contribution in [2.24, 2.45) is 0 Å². The van der Waals surface area contributed by atoms with Crippen molar-refractivity contribution in [3.8, 4) is 11.1 Å². The van der Waals surface area contributed by atoms with Crippen molar-refractivity contribution in [2.45, 2.75) is 4.90 Å². The Hall–Kier alpha value is -2.34. The molecule has 0 aliphatic rings. The molecule has 0 aliphatic carbocycles. The topological polar surface area (TPSA) is 80.4 Å². The molecule has 0 unspecified atom stereocenters. The van der Waals surface area contributed by atoms with Gasteiger partial charge < -0.3 is 5.11 Å². The fourth-order valence-corrected chi connectivity index (χ4v) is 1.94. The summed E-state index contributed by atoms with van der Waals surface area (Å²) >= 11 is 4.14. The number of aromatic carboxylic acids is 1. The first kappa shape index (κ1) is 13.1. The van der Waals surface area contributed by atoms with Crippen LogP contribution < -0.4 is 0 Å². The third-order valence-corrected chi connectivity index (χ3v) is 2.93. The number of hydrogen-bond acceptors (Lipinski definition) is 4. The average Bonchev–Trinajstić information content (AvgIpc) is 2.38. The van der Waals surface area contributed by atoms with Crippen molar-refractivity contribution in [2.75, 3.05) is 0 Å². The molecule has 0 fully saturated rings. The van der Waals surface area contributed by atoms with Gasteiger partial charge in [0.2, 0.25) is 0 Å². The van der Waals surface area contributed by atoms with Crippen molar-refractivity contribution in [3.05, 3.63) is 58.1 Å². The minimum absolute atomic E-state index is 0.276. The number of nitrogens with zero attached hydrogens (tertiary/aromatic N) is 1. The van der Waals surface area contributed by atoms with Crippen LogP contribution in [0.5, 0.6) is 0 Å². The summed E-state index contributed by atoms with van der Waals surface area (Å²) in [5, 5.41) is 20.1. The molecule has 0 aromatic heterocycles. The second-order valence-corrected chi connectivity index (χ2v) is 4.33. The smallest absolute Gasteiger partial charge is 0.342 e. The molecular formula is C13H9NO4S. The molecule has 0 atom stereocenters. The molecule has 0 saturated heterocycles. The highest BCUT2D eigenvalue weighted by Gasteiger charge is 2.24. The summed E-state index contributed by atoms with van der Waals surface area (Å²) in [6.07, 6.45) is 0. The first-order chi connectivity index (χ1) is 9.00. The van der Waals surface area contributed by atoms with Crippen molar-refractivity contribution in [1.82, 2.24) is 0 Å². The first-order valence-corrected chi connectivity index (χ1v) is 5.75. The predicted octanol–water partition coefficient (Wildman–Crippen LogP) is 3.25. The number of thiol groups is 1. The Bertz CT molecular complexity index is 652. The summed E-state index contributed by atoms with van der Waals surface area (Å²) in [5.74, 6) is -1.32. The number of nitro benzene ring substituents is 1. The number of carboxylic acids is 1. The van der Waals surface area contributed by atoms with Crippen LogP contribution in [-0.4, -0.2) is 16.0 Å². The standard InChI is InChI=1S/C13H9NO4S/c15-13(16)11-3-1-2-10(12(11)14(17)18)8-4-6-9(19)7-5-8/h1-7,19H,(H,15,16). The molecule has 0 aliphatic heterocycles. The highest BCUT2D eigenvalue weighted by molar-refractivity contribution is 7.80. The maximum absolute atomic E-state index is 11.1. The number of nitro groups is 1. The average molecular weight is 275 g/mol. The normalized spacial score (nSPS) is 10.2. The number of benzene rings is 2. The minimum atomic E-state index is -1.32. The van der Waals surface area contributed by atoms with E-state index in [4.69, 9.17) is 5.11 Å². The molecule has 0 spiro atoms. The lowest BCUT2D eigenvalue weighted by molar-refractivity contribution is -0.384. The Morgan fingerprint density at radius 3 is 2.32 bits per heavy atom. The van der Waals surface area contributed by atoms with Crippen LogP contribution in [0.4, 0.5) is 5.69 Å². The van der Waals surface area contributed by atoms with E-state index in [0.717, 1.165) is 4.90 Å². The van der Waals surface area contributed by atoms with Gasteiger partial charge in [-0.3, -0.25) is 10.1 Å².